The number of aromatic amines is 1. The Morgan fingerprint density at radius 3 is 3.10 bits per heavy atom. The van der Waals surface area contributed by atoms with Crippen molar-refractivity contribution in [3.63, 3.8) is 0 Å². The third kappa shape index (κ3) is 3.96. The van der Waals surface area contributed by atoms with Crippen molar-refractivity contribution in [2.75, 3.05) is 0 Å². The number of hydrogen-bond acceptors (Lipinski definition) is 6. The van der Waals surface area contributed by atoms with Crippen LogP contribution in [0.4, 0.5) is 0 Å². The normalized spacial score (nSPS) is 10.6. The second-order valence-electron chi connectivity index (χ2n) is 4.33. The van der Waals surface area contributed by atoms with E-state index in [-0.39, 0.29) is 11.3 Å². The van der Waals surface area contributed by atoms with Crippen LogP contribution >= 0.6 is 11.8 Å². The molecule has 8 heteroatoms. The molecule has 0 aliphatic carbocycles. The van der Waals surface area contributed by atoms with Crippen LogP contribution in [0.25, 0.3) is 0 Å². The van der Waals surface area contributed by atoms with Gasteiger partial charge in [0.2, 0.25) is 0 Å². The number of nitrogens with two attached hydrogens (primary N) is 1. The molecule has 0 radical (unpaired) electrons. The van der Waals surface area contributed by atoms with Crippen LogP contribution in [0, 0.1) is 0 Å². The van der Waals surface area contributed by atoms with Gasteiger partial charge in [-0.05, 0) is 12.5 Å². The molecular formula is C13H16N4O3S. The van der Waals surface area contributed by atoms with Crippen LogP contribution in [-0.4, -0.2) is 15.9 Å². The maximum absolute atomic E-state index is 11.6. The van der Waals surface area contributed by atoms with Crippen molar-refractivity contribution in [1.82, 2.24) is 15.4 Å². The van der Waals surface area contributed by atoms with Crippen molar-refractivity contribution >= 4 is 17.7 Å². The predicted octanol–water partition coefficient (Wildman–Crippen LogP) is 1.21. The molecule has 0 aliphatic rings. The maximum atomic E-state index is 11.6. The molecule has 0 unspecified atom stereocenters. The molecule has 2 aromatic rings. The van der Waals surface area contributed by atoms with E-state index in [1.54, 1.807) is 6.07 Å². The number of carbonyl (C=O) groups excluding carboxylic acids is 1. The fourth-order valence-corrected chi connectivity index (χ4v) is 2.67. The van der Waals surface area contributed by atoms with E-state index >= 15 is 0 Å². The Morgan fingerprint density at radius 2 is 2.38 bits per heavy atom. The number of H-pyrrole nitrogens is 1. The monoisotopic (exact) mass is 308 g/mol. The zero-order chi connectivity index (χ0) is 15.2. The van der Waals surface area contributed by atoms with Gasteiger partial charge in [0.05, 0.1) is 6.26 Å². The van der Waals surface area contributed by atoms with E-state index < -0.39 is 5.91 Å². The number of nitrogen functional groups attached to an aromatic ring is 1. The minimum Gasteiger partial charge on any atom is -0.459 e. The summed E-state index contributed by atoms with van der Waals surface area (Å²) in [6.45, 7) is 2.03. The third-order valence-electron chi connectivity index (χ3n) is 2.73. The number of furan rings is 1. The molecule has 0 bridgehead atoms. The molecule has 7 nitrogen and oxygen atoms in total. The molecule has 2 heterocycles. The van der Waals surface area contributed by atoms with Gasteiger partial charge >= 0.3 is 5.91 Å². The second kappa shape index (κ2) is 7.09. The molecule has 1 amide bonds. The van der Waals surface area contributed by atoms with Crippen molar-refractivity contribution < 1.29 is 9.21 Å². The Hall–Kier alpha value is -2.06. The highest BCUT2D eigenvalue weighted by Crippen LogP contribution is 2.22. The summed E-state index contributed by atoms with van der Waals surface area (Å²) in [6, 6.07) is 3.18. The van der Waals surface area contributed by atoms with Gasteiger partial charge in [-0.3, -0.25) is 15.0 Å². The van der Waals surface area contributed by atoms with Crippen molar-refractivity contribution in [3.8, 4) is 0 Å². The fraction of sp³-hybridized carbons (Fsp3) is 0.308. The summed E-state index contributed by atoms with van der Waals surface area (Å²) in [7, 11) is 0. The summed E-state index contributed by atoms with van der Waals surface area (Å²) in [6.07, 6.45) is 3.09. The SMILES string of the molecule is CCCc1cc(=O)[nH]c(SCc2ccoc2C(=O)NN)n1. The first-order valence-electron chi connectivity index (χ1n) is 6.44. The Bertz CT molecular complexity index is 680. The van der Waals surface area contributed by atoms with E-state index in [2.05, 4.69) is 9.97 Å². The molecule has 0 saturated heterocycles. The molecule has 0 saturated carbocycles. The number of aryl methyl sites for hydroxylation is 1. The van der Waals surface area contributed by atoms with Gasteiger partial charge in [0.15, 0.2) is 10.9 Å². The summed E-state index contributed by atoms with van der Waals surface area (Å²) < 4.78 is 5.09. The molecule has 0 aliphatic heterocycles. The van der Waals surface area contributed by atoms with Gasteiger partial charge < -0.3 is 9.40 Å². The molecule has 21 heavy (non-hydrogen) atoms. The molecule has 112 valence electrons. The summed E-state index contributed by atoms with van der Waals surface area (Å²) in [4.78, 5) is 30.1. The van der Waals surface area contributed by atoms with Crippen LogP contribution in [0.2, 0.25) is 0 Å². The molecule has 0 fully saturated rings. The molecule has 0 spiro atoms. The Labute approximate surface area is 125 Å². The number of rotatable bonds is 6. The minimum atomic E-state index is -0.489. The summed E-state index contributed by atoms with van der Waals surface area (Å²) >= 11 is 1.33. The number of nitrogens with one attached hydrogen (secondary N) is 2. The van der Waals surface area contributed by atoms with E-state index in [0.29, 0.717) is 16.5 Å². The lowest BCUT2D eigenvalue weighted by molar-refractivity contribution is 0.0925. The zero-order valence-corrected chi connectivity index (χ0v) is 12.3. The number of thioether (sulfide) groups is 1. The number of hydrogen-bond donors (Lipinski definition) is 3. The number of aromatic nitrogens is 2. The van der Waals surface area contributed by atoms with Crippen LogP contribution < -0.4 is 16.8 Å². The Morgan fingerprint density at radius 1 is 1.57 bits per heavy atom. The van der Waals surface area contributed by atoms with Crippen LogP contribution in [0.3, 0.4) is 0 Å². The average molecular weight is 308 g/mol. The molecule has 0 atom stereocenters. The quantitative estimate of drug-likeness (QED) is 0.243. The van der Waals surface area contributed by atoms with E-state index in [9.17, 15) is 9.59 Å². The standard InChI is InChI=1S/C13H16N4O3S/c1-2-3-9-6-10(18)16-13(15-9)21-7-8-4-5-20-11(8)12(19)17-14/h4-6H,2-3,7,14H2,1H3,(H,17,19)(H,15,16,18). The van der Waals surface area contributed by atoms with Crippen LogP contribution in [0.5, 0.6) is 0 Å². The molecular weight excluding hydrogens is 292 g/mol. The largest absolute Gasteiger partial charge is 0.459 e. The number of hydrazine groups is 1. The summed E-state index contributed by atoms with van der Waals surface area (Å²) in [5.74, 6) is 5.20. The van der Waals surface area contributed by atoms with E-state index in [4.69, 9.17) is 10.3 Å². The van der Waals surface area contributed by atoms with Crippen molar-refractivity contribution in [2.24, 2.45) is 5.84 Å². The molecule has 4 N–H and O–H groups in total. The van der Waals surface area contributed by atoms with Gasteiger partial charge in [0.25, 0.3) is 5.56 Å². The lowest BCUT2D eigenvalue weighted by atomic mass is 10.2. The molecule has 2 aromatic heterocycles. The van der Waals surface area contributed by atoms with Crippen molar-refractivity contribution in [1.29, 1.82) is 0 Å². The number of amides is 1. The minimum absolute atomic E-state index is 0.164. The van der Waals surface area contributed by atoms with Gasteiger partial charge in [-0.25, -0.2) is 10.8 Å². The van der Waals surface area contributed by atoms with E-state index in [1.165, 1.54) is 24.1 Å². The third-order valence-corrected chi connectivity index (χ3v) is 3.65. The van der Waals surface area contributed by atoms with Crippen LogP contribution in [-0.2, 0) is 12.2 Å². The van der Waals surface area contributed by atoms with Gasteiger partial charge in [-0.2, -0.15) is 0 Å². The molecule has 2 rings (SSSR count). The van der Waals surface area contributed by atoms with Crippen molar-refractivity contribution in [2.45, 2.75) is 30.7 Å². The lowest BCUT2D eigenvalue weighted by Crippen LogP contribution is -2.30. The van der Waals surface area contributed by atoms with Crippen LogP contribution in [0.15, 0.2) is 32.8 Å². The highest BCUT2D eigenvalue weighted by molar-refractivity contribution is 7.98. The van der Waals surface area contributed by atoms with Gasteiger partial charge in [-0.15, -0.1) is 0 Å². The maximum Gasteiger partial charge on any atom is 0.301 e. The topological polar surface area (TPSA) is 114 Å². The summed E-state index contributed by atoms with van der Waals surface area (Å²) in [5, 5.41) is 0.520. The number of nitrogens with zero attached hydrogens (tertiary/aromatic N) is 1. The number of carbonyl (C=O) groups is 1. The predicted molar refractivity (Wildman–Crippen MR) is 78.8 cm³/mol. The highest BCUT2D eigenvalue weighted by Gasteiger charge is 2.14. The first kappa shape index (κ1) is 15.3. The lowest BCUT2D eigenvalue weighted by Gasteiger charge is -2.03. The fourth-order valence-electron chi connectivity index (χ4n) is 1.80. The van der Waals surface area contributed by atoms with Crippen molar-refractivity contribution in [3.05, 3.63) is 45.8 Å². The smallest absolute Gasteiger partial charge is 0.301 e. The Balaban J connectivity index is 2.11. The van der Waals surface area contributed by atoms with Crippen LogP contribution in [0.1, 0.15) is 35.2 Å². The average Bonchev–Trinajstić information content (AvgIpc) is 2.92. The highest BCUT2D eigenvalue weighted by atomic mass is 32.2. The van der Waals surface area contributed by atoms with E-state index in [0.717, 1.165) is 18.5 Å². The Kier molecular flexibility index (Phi) is 5.18. The van der Waals surface area contributed by atoms with E-state index in [1.807, 2.05) is 12.3 Å². The van der Waals surface area contributed by atoms with Gasteiger partial charge in [0, 0.05) is 23.1 Å². The molecule has 0 aromatic carbocycles. The summed E-state index contributed by atoms with van der Waals surface area (Å²) in [5.41, 5.74) is 3.29. The second-order valence-corrected chi connectivity index (χ2v) is 5.29. The first-order chi connectivity index (χ1) is 10.1. The van der Waals surface area contributed by atoms with Gasteiger partial charge in [0.1, 0.15) is 0 Å². The first-order valence-corrected chi connectivity index (χ1v) is 7.43. The zero-order valence-electron chi connectivity index (χ0n) is 11.5. The van der Waals surface area contributed by atoms with Gasteiger partial charge in [-0.1, -0.05) is 25.1 Å².